The number of carbonyl (C=O) groups excluding carboxylic acids is 3. The fraction of sp³-hybridized carbons (Fsp3) is 0.286. The van der Waals surface area contributed by atoms with Crippen LogP contribution in [0.4, 0.5) is 24.5 Å². The van der Waals surface area contributed by atoms with Crippen molar-refractivity contribution in [1.82, 2.24) is 0 Å². The largest absolute Gasteiger partial charge is 0.455 e. The molecule has 1 aliphatic heterocycles. The first-order valence-corrected chi connectivity index (χ1v) is 9.14. The lowest BCUT2D eigenvalue weighted by Crippen LogP contribution is -2.28. The highest BCUT2D eigenvalue weighted by Crippen LogP contribution is 2.30. The van der Waals surface area contributed by atoms with Gasteiger partial charge in [0.05, 0.1) is 11.5 Å². The molecule has 2 aromatic rings. The highest BCUT2D eigenvalue weighted by Gasteiger charge is 2.36. The molecular formula is C21H19F3N2O4. The lowest BCUT2D eigenvalue weighted by Gasteiger charge is -2.17. The molecule has 9 heteroatoms. The number of esters is 1. The summed E-state index contributed by atoms with van der Waals surface area (Å²) in [5, 5.41) is 2.26. The summed E-state index contributed by atoms with van der Waals surface area (Å²) in [5.41, 5.74) is 0.681. The summed E-state index contributed by atoms with van der Waals surface area (Å²) >= 11 is 0. The summed E-state index contributed by atoms with van der Waals surface area (Å²) in [6.07, 6.45) is -4.58. The smallest absolute Gasteiger partial charge is 0.416 e. The number of aryl methyl sites for hydroxylation is 1. The summed E-state index contributed by atoms with van der Waals surface area (Å²) in [6, 6.07) is 11.4. The Hall–Kier alpha value is -3.36. The molecule has 3 rings (SSSR count). The number of carbonyl (C=O) groups is 3. The van der Waals surface area contributed by atoms with Crippen LogP contribution in [0.15, 0.2) is 48.5 Å². The van der Waals surface area contributed by atoms with Crippen molar-refractivity contribution >= 4 is 29.2 Å². The van der Waals surface area contributed by atoms with Gasteiger partial charge in [-0.2, -0.15) is 13.2 Å². The van der Waals surface area contributed by atoms with Crippen LogP contribution in [0.1, 0.15) is 17.5 Å². The fourth-order valence-corrected chi connectivity index (χ4v) is 3.14. The average molecular weight is 420 g/mol. The number of hydrogen-bond donors (Lipinski definition) is 1. The molecule has 0 unspecified atom stereocenters. The molecule has 1 N–H and O–H groups in total. The molecule has 2 amide bonds. The predicted octanol–water partition coefficient (Wildman–Crippen LogP) is 3.55. The lowest BCUT2D eigenvalue weighted by molar-refractivity contribution is -0.151. The standard InChI is InChI=1S/C21H19F3N2O4/c1-13-4-2-7-17(8-13)26-11-14(9-19(26)28)20(29)30-12-18(27)25-16-6-3-5-15(10-16)21(22,23)24/h2-8,10,14H,9,11-12H2,1H3,(H,25,27)/t14-/m0/s1. The van der Waals surface area contributed by atoms with Gasteiger partial charge in [0.1, 0.15) is 0 Å². The number of benzene rings is 2. The number of rotatable bonds is 5. The molecule has 0 radical (unpaired) electrons. The SMILES string of the molecule is Cc1cccc(N2C[C@@H](C(=O)OCC(=O)Nc3cccc(C(F)(F)F)c3)CC2=O)c1. The second kappa shape index (κ2) is 8.56. The zero-order valence-corrected chi connectivity index (χ0v) is 16.0. The van der Waals surface area contributed by atoms with Gasteiger partial charge >= 0.3 is 12.1 Å². The molecule has 0 spiro atoms. The summed E-state index contributed by atoms with van der Waals surface area (Å²) in [7, 11) is 0. The predicted molar refractivity (Wildman–Crippen MR) is 103 cm³/mol. The van der Waals surface area contributed by atoms with Crippen molar-refractivity contribution in [2.24, 2.45) is 5.92 Å². The van der Waals surface area contributed by atoms with Gasteiger partial charge in [-0.1, -0.05) is 18.2 Å². The maximum Gasteiger partial charge on any atom is 0.416 e. The van der Waals surface area contributed by atoms with Crippen LogP contribution in [0.5, 0.6) is 0 Å². The van der Waals surface area contributed by atoms with E-state index in [0.717, 1.165) is 23.8 Å². The number of ether oxygens (including phenoxy) is 1. The maximum atomic E-state index is 12.7. The Morgan fingerprint density at radius 2 is 1.90 bits per heavy atom. The van der Waals surface area contributed by atoms with Gasteiger partial charge in [-0.05, 0) is 42.8 Å². The lowest BCUT2D eigenvalue weighted by atomic mass is 10.1. The highest BCUT2D eigenvalue weighted by molar-refractivity contribution is 6.00. The number of hydrogen-bond acceptors (Lipinski definition) is 4. The Morgan fingerprint density at radius 3 is 2.60 bits per heavy atom. The third kappa shape index (κ3) is 5.16. The van der Waals surface area contributed by atoms with E-state index in [2.05, 4.69) is 5.32 Å². The van der Waals surface area contributed by atoms with Gasteiger partial charge in [0.25, 0.3) is 5.91 Å². The van der Waals surface area contributed by atoms with Crippen LogP contribution < -0.4 is 10.2 Å². The number of halogens is 3. The van der Waals surface area contributed by atoms with Crippen molar-refractivity contribution in [1.29, 1.82) is 0 Å². The molecule has 1 fully saturated rings. The van der Waals surface area contributed by atoms with Crippen molar-refractivity contribution in [2.45, 2.75) is 19.5 Å². The number of nitrogens with one attached hydrogen (secondary N) is 1. The van der Waals surface area contributed by atoms with Gasteiger partial charge in [0, 0.05) is 24.3 Å². The average Bonchev–Trinajstić information content (AvgIpc) is 3.07. The normalized spacial score (nSPS) is 16.5. The molecule has 2 aromatic carbocycles. The van der Waals surface area contributed by atoms with E-state index in [-0.39, 0.29) is 24.6 Å². The molecular weight excluding hydrogens is 401 g/mol. The third-order valence-electron chi connectivity index (χ3n) is 4.59. The first kappa shape index (κ1) is 21.4. The molecule has 1 atom stereocenters. The van der Waals surface area contributed by atoms with Gasteiger partial charge in [-0.15, -0.1) is 0 Å². The van der Waals surface area contributed by atoms with E-state index in [1.807, 2.05) is 25.1 Å². The Kier molecular flexibility index (Phi) is 6.09. The Morgan fingerprint density at radius 1 is 1.17 bits per heavy atom. The molecule has 30 heavy (non-hydrogen) atoms. The number of anilines is 2. The zero-order chi connectivity index (χ0) is 21.9. The van der Waals surface area contributed by atoms with Crippen LogP contribution in [0.2, 0.25) is 0 Å². The Labute approximate surface area is 170 Å². The molecule has 0 aliphatic carbocycles. The first-order valence-electron chi connectivity index (χ1n) is 9.14. The van der Waals surface area contributed by atoms with E-state index >= 15 is 0 Å². The van der Waals surface area contributed by atoms with Gasteiger partial charge in [-0.25, -0.2) is 0 Å². The van der Waals surface area contributed by atoms with Gasteiger partial charge in [0.15, 0.2) is 6.61 Å². The van der Waals surface area contributed by atoms with Crippen molar-refractivity contribution in [3.05, 3.63) is 59.7 Å². The second-order valence-electron chi connectivity index (χ2n) is 6.98. The fourth-order valence-electron chi connectivity index (χ4n) is 3.14. The Bertz CT molecular complexity index is 975. The molecule has 1 heterocycles. The molecule has 0 saturated carbocycles. The maximum absolute atomic E-state index is 12.7. The van der Waals surface area contributed by atoms with Crippen LogP contribution in [-0.2, 0) is 25.3 Å². The van der Waals surface area contributed by atoms with E-state index in [1.165, 1.54) is 11.0 Å². The molecule has 158 valence electrons. The van der Waals surface area contributed by atoms with Crippen molar-refractivity contribution in [3.8, 4) is 0 Å². The number of amides is 2. The van der Waals surface area contributed by atoms with E-state index in [0.29, 0.717) is 5.69 Å². The topological polar surface area (TPSA) is 75.7 Å². The van der Waals surface area contributed by atoms with E-state index < -0.39 is 36.1 Å². The quantitative estimate of drug-likeness (QED) is 0.751. The van der Waals surface area contributed by atoms with Gasteiger partial charge < -0.3 is 15.0 Å². The second-order valence-corrected chi connectivity index (χ2v) is 6.98. The van der Waals surface area contributed by atoms with Crippen LogP contribution in [0.3, 0.4) is 0 Å². The minimum Gasteiger partial charge on any atom is -0.455 e. The minimum atomic E-state index is -4.54. The number of nitrogens with zero attached hydrogens (tertiary/aromatic N) is 1. The van der Waals surface area contributed by atoms with E-state index in [1.54, 1.807) is 6.07 Å². The monoisotopic (exact) mass is 420 g/mol. The van der Waals surface area contributed by atoms with E-state index in [4.69, 9.17) is 4.74 Å². The third-order valence-corrected chi connectivity index (χ3v) is 4.59. The Balaban J connectivity index is 1.53. The van der Waals surface area contributed by atoms with Crippen molar-refractivity contribution in [2.75, 3.05) is 23.4 Å². The van der Waals surface area contributed by atoms with Crippen LogP contribution in [0, 0.1) is 12.8 Å². The van der Waals surface area contributed by atoms with E-state index in [9.17, 15) is 27.6 Å². The summed E-state index contributed by atoms with van der Waals surface area (Å²) in [5.74, 6) is -2.43. The number of alkyl halides is 3. The molecule has 0 bridgehead atoms. The van der Waals surface area contributed by atoms with Gasteiger partial charge in [0.2, 0.25) is 5.91 Å². The first-order chi connectivity index (χ1) is 14.1. The van der Waals surface area contributed by atoms with Crippen molar-refractivity contribution in [3.63, 3.8) is 0 Å². The van der Waals surface area contributed by atoms with Crippen LogP contribution in [0.25, 0.3) is 0 Å². The molecule has 1 saturated heterocycles. The van der Waals surface area contributed by atoms with Gasteiger partial charge in [-0.3, -0.25) is 14.4 Å². The molecule has 6 nitrogen and oxygen atoms in total. The summed E-state index contributed by atoms with van der Waals surface area (Å²) < 4.78 is 43.1. The summed E-state index contributed by atoms with van der Waals surface area (Å²) in [6.45, 7) is 1.36. The molecule has 1 aliphatic rings. The summed E-state index contributed by atoms with van der Waals surface area (Å²) in [4.78, 5) is 37.9. The zero-order valence-electron chi connectivity index (χ0n) is 16.0. The minimum absolute atomic E-state index is 0.0397. The van der Waals surface area contributed by atoms with Crippen LogP contribution in [-0.4, -0.2) is 30.9 Å². The highest BCUT2D eigenvalue weighted by atomic mass is 19.4. The van der Waals surface area contributed by atoms with Crippen LogP contribution >= 0.6 is 0 Å². The molecule has 0 aromatic heterocycles. The van der Waals surface area contributed by atoms with Crippen molar-refractivity contribution < 1.29 is 32.3 Å².